The number of hydrogen-bond donors (Lipinski definition) is 1. The maximum absolute atomic E-state index is 15.6. The summed E-state index contributed by atoms with van der Waals surface area (Å²) in [5, 5.41) is 8.66. The second kappa shape index (κ2) is 18.9. The van der Waals surface area contributed by atoms with E-state index in [0.717, 1.165) is 42.7 Å². The third kappa shape index (κ3) is 10.7. The molecule has 3 atom stereocenters. The van der Waals surface area contributed by atoms with Crippen LogP contribution in [0.4, 0.5) is 54.5 Å². The molecule has 1 N–H and O–H groups in total. The van der Waals surface area contributed by atoms with E-state index in [1.54, 1.807) is 18.2 Å². The molecule has 1 fully saturated rings. The number of sulfone groups is 1. The molecule has 74 heavy (non-hydrogen) atoms. The van der Waals surface area contributed by atoms with Crippen molar-refractivity contribution in [2.45, 2.75) is 81.5 Å². The molecule has 8 rings (SSSR count). The maximum Gasteiger partial charge on any atom is 0.435 e. The van der Waals surface area contributed by atoms with Crippen molar-refractivity contribution in [3.8, 4) is 23.0 Å². The van der Waals surface area contributed by atoms with Crippen LogP contribution in [0.5, 0.6) is 0 Å². The van der Waals surface area contributed by atoms with Crippen LogP contribution in [0, 0.1) is 29.4 Å². The summed E-state index contributed by atoms with van der Waals surface area (Å²) < 4.78 is 205. The van der Waals surface area contributed by atoms with E-state index in [1.165, 1.54) is 30.8 Å². The zero-order valence-electron chi connectivity index (χ0n) is 38.7. The van der Waals surface area contributed by atoms with E-state index in [-0.39, 0.29) is 42.5 Å². The topological polar surface area (TPSA) is 179 Å². The molecule has 6 aromatic rings. The summed E-state index contributed by atoms with van der Waals surface area (Å²) in [6.07, 6.45) is -8.70. The summed E-state index contributed by atoms with van der Waals surface area (Å²) in [5.41, 5.74) is -5.90. The van der Waals surface area contributed by atoms with Crippen LogP contribution in [0.15, 0.2) is 73.1 Å². The Morgan fingerprint density at radius 3 is 2.20 bits per heavy atom. The number of halogens is 11. The largest absolute Gasteiger partial charge is 0.435 e. The van der Waals surface area contributed by atoms with Crippen molar-refractivity contribution >= 4 is 60.2 Å². The van der Waals surface area contributed by atoms with Gasteiger partial charge in [-0.1, -0.05) is 29.7 Å². The molecule has 1 saturated carbocycles. The maximum atomic E-state index is 15.6. The zero-order valence-corrected chi connectivity index (χ0v) is 41.0. The lowest BCUT2D eigenvalue weighted by Gasteiger charge is -2.23. The number of rotatable bonds is 13. The number of benzene rings is 2. The van der Waals surface area contributed by atoms with Crippen molar-refractivity contribution in [1.82, 2.24) is 29.9 Å². The average Bonchev–Trinajstić information content (AvgIpc) is 3.79. The van der Waals surface area contributed by atoms with Gasteiger partial charge in [-0.2, -0.15) is 54.2 Å². The Balaban J connectivity index is 1.35. The van der Waals surface area contributed by atoms with Crippen LogP contribution in [0.2, 0.25) is 5.02 Å². The monoisotopic (exact) mass is 1100 g/mol. The number of amides is 2. The minimum Gasteiger partial charge on any atom is -0.387 e. The highest BCUT2D eigenvalue weighted by Crippen LogP contribution is 2.68. The second-order valence-corrected chi connectivity index (χ2v) is 22.8. The number of nitrogens with one attached hydrogen (secondary N) is 1. The van der Waals surface area contributed by atoms with Gasteiger partial charge in [0.1, 0.15) is 40.9 Å². The Morgan fingerprint density at radius 1 is 0.946 bits per heavy atom. The molecule has 1 unspecified atom stereocenters. The third-order valence-corrected chi connectivity index (χ3v) is 15.4. The standard InChI is InChI=1S/C46H37ClF10N8O7S2/c1-43(2,73(3,68)69)13-12-27-8-9-28(29-10-11-32(47)36-38(29)64(22-44(50,51)52)61-41(36)65(74(4,70)71)42(67)72-23-62-14-6-5-7-15-62)37(58-27)33(18-24-16-25(48)19-26(49)17-24)59-34(66)21-63-40-35(39(60-63)46(55,56)57)30-20-31(30)45(40,53)54/h5-11,14-17,19,30-31,33H,18,20-23H2,1-4H3/p+1/t30-,31+,33?/m0/s1. The van der Waals surface area contributed by atoms with Crippen LogP contribution in [0.1, 0.15) is 66.1 Å². The molecule has 0 aliphatic heterocycles. The number of sulfonamides is 1. The number of pyridine rings is 2. The first kappa shape index (κ1) is 53.5. The van der Waals surface area contributed by atoms with Crippen LogP contribution in [-0.4, -0.2) is 76.8 Å². The fourth-order valence-electron chi connectivity index (χ4n) is 8.49. The highest BCUT2D eigenvalue weighted by Gasteiger charge is 2.68. The van der Waals surface area contributed by atoms with Crippen LogP contribution in [0.25, 0.3) is 22.0 Å². The molecular formula is C46H38ClF10N8O7S2+. The Bertz CT molecular complexity index is 3540. The van der Waals surface area contributed by atoms with Gasteiger partial charge >= 0.3 is 18.4 Å². The minimum atomic E-state index is -5.22. The number of anilines is 1. The van der Waals surface area contributed by atoms with Gasteiger partial charge in [0.05, 0.1) is 33.9 Å². The molecule has 28 heteroatoms. The van der Waals surface area contributed by atoms with Crippen molar-refractivity contribution in [2.75, 3.05) is 16.8 Å². The van der Waals surface area contributed by atoms with E-state index in [0.29, 0.717) is 12.3 Å². The molecule has 0 spiro atoms. The lowest BCUT2D eigenvalue weighted by Crippen LogP contribution is -2.42. The molecule has 0 radical (unpaired) electrons. The molecule has 2 aromatic carbocycles. The molecule has 0 saturated heterocycles. The Kier molecular flexibility index (Phi) is 13.6. The predicted octanol–water partition coefficient (Wildman–Crippen LogP) is 8.14. The number of nitrogens with zero attached hydrogens (tertiary/aromatic N) is 7. The lowest BCUT2D eigenvalue weighted by molar-refractivity contribution is -0.727. The van der Waals surface area contributed by atoms with Gasteiger partial charge in [-0.15, -0.1) is 0 Å². The van der Waals surface area contributed by atoms with Gasteiger partial charge in [0.2, 0.25) is 15.9 Å². The van der Waals surface area contributed by atoms with E-state index in [4.69, 9.17) is 16.3 Å². The highest BCUT2D eigenvalue weighted by atomic mass is 35.5. The van der Waals surface area contributed by atoms with Crippen molar-refractivity contribution in [2.24, 2.45) is 5.92 Å². The molecule has 2 aliphatic rings. The molecule has 2 amide bonds. The summed E-state index contributed by atoms with van der Waals surface area (Å²) in [6, 6.07) is 9.49. The van der Waals surface area contributed by atoms with Gasteiger partial charge in [-0.25, -0.2) is 35.4 Å². The molecule has 4 heterocycles. The molecule has 392 valence electrons. The van der Waals surface area contributed by atoms with E-state index in [9.17, 15) is 61.5 Å². The van der Waals surface area contributed by atoms with Crippen molar-refractivity contribution in [1.29, 1.82) is 0 Å². The van der Waals surface area contributed by atoms with Gasteiger partial charge in [-0.3, -0.25) is 14.2 Å². The van der Waals surface area contributed by atoms with Gasteiger partial charge < -0.3 is 10.1 Å². The van der Waals surface area contributed by atoms with Crippen LogP contribution >= 0.6 is 11.6 Å². The third-order valence-electron chi connectivity index (χ3n) is 12.1. The Labute approximate surface area is 419 Å². The number of alkyl halides is 8. The fraction of sp³-hybridized carbons (Fsp3) is 0.348. The van der Waals surface area contributed by atoms with Crippen molar-refractivity contribution in [3.63, 3.8) is 0 Å². The first-order valence-corrected chi connectivity index (χ1v) is 25.8. The summed E-state index contributed by atoms with van der Waals surface area (Å²) >= 11 is 6.66. The quantitative estimate of drug-likeness (QED) is 0.0674. The van der Waals surface area contributed by atoms with E-state index in [1.807, 2.05) is 0 Å². The van der Waals surface area contributed by atoms with Crippen LogP contribution in [0.3, 0.4) is 0 Å². The van der Waals surface area contributed by atoms with Crippen molar-refractivity contribution in [3.05, 3.63) is 124 Å². The average molecular weight is 1100 g/mol. The first-order chi connectivity index (χ1) is 34.2. The van der Waals surface area contributed by atoms with Crippen LogP contribution < -0.4 is 14.2 Å². The Morgan fingerprint density at radius 2 is 1.59 bits per heavy atom. The van der Waals surface area contributed by atoms with Gasteiger partial charge in [0.15, 0.2) is 33.7 Å². The first-order valence-electron chi connectivity index (χ1n) is 21.7. The van der Waals surface area contributed by atoms with E-state index < -0.39 is 155 Å². The number of fused-ring (bicyclic) bond motifs is 4. The summed E-state index contributed by atoms with van der Waals surface area (Å²) in [6.45, 7) is -1.41. The normalized spacial score (nSPS) is 16.7. The number of carbonyl (C=O) groups is 2. The lowest BCUT2D eigenvalue weighted by atomic mass is 9.93. The van der Waals surface area contributed by atoms with E-state index >= 15 is 8.78 Å². The Hall–Kier alpha value is -6.79. The zero-order chi connectivity index (χ0) is 54.2. The summed E-state index contributed by atoms with van der Waals surface area (Å²) in [5.74, 6) is -6.04. The predicted molar refractivity (Wildman–Crippen MR) is 243 cm³/mol. The fourth-order valence-corrected chi connectivity index (χ4v) is 9.73. The smallest absolute Gasteiger partial charge is 0.387 e. The molecule has 15 nitrogen and oxygen atoms in total. The number of hydrogen-bond acceptors (Lipinski definition) is 10. The molecular weight excluding hydrogens is 1070 g/mol. The minimum absolute atomic E-state index is 0.0342. The second-order valence-electron chi connectivity index (χ2n) is 18.0. The number of carbonyl (C=O) groups excluding carboxylic acids is 2. The SMILES string of the molecule is CC(C)(C#Cc1ccc(-c2ccc(Cl)c3c(N(C(=O)OC[n+]4ccccc4)S(C)(=O)=O)nn(CC(F)(F)F)c23)c(C(Cc2cc(F)cc(F)c2)NC(=O)Cn2nc(C(F)(F)F)c3c2C(F)(F)[C@@H]2C[C@H]32)n1)S(C)(=O)=O. The van der Waals surface area contributed by atoms with Crippen LogP contribution in [-0.2, 0) is 67.7 Å². The molecule has 2 aliphatic carbocycles. The number of ether oxygens (including phenoxy) is 1. The van der Waals surface area contributed by atoms with Gasteiger partial charge in [-0.05, 0) is 74.4 Å². The van der Waals surface area contributed by atoms with Gasteiger partial charge in [0.25, 0.3) is 12.7 Å². The summed E-state index contributed by atoms with van der Waals surface area (Å²) in [4.78, 5) is 32.4. The molecule has 0 bridgehead atoms. The van der Waals surface area contributed by atoms with Crippen molar-refractivity contribution < 1.29 is 79.6 Å². The summed E-state index contributed by atoms with van der Waals surface area (Å²) in [7, 11) is -8.77. The number of aromatic nitrogens is 6. The molecule has 4 aromatic heterocycles. The van der Waals surface area contributed by atoms with Gasteiger partial charge in [0, 0.05) is 47.1 Å². The van der Waals surface area contributed by atoms with E-state index in [2.05, 4.69) is 32.3 Å². The highest BCUT2D eigenvalue weighted by molar-refractivity contribution is 7.93.